The number of nitriles is 1. The molecule has 3 rings (SSSR count). The van der Waals surface area contributed by atoms with E-state index in [1.165, 1.54) is 0 Å². The number of nitrogens with zero attached hydrogens (tertiary/aromatic N) is 1. The van der Waals surface area contributed by atoms with Gasteiger partial charge in [0.1, 0.15) is 11.5 Å². The molecule has 0 amide bonds. The second-order valence-electron chi connectivity index (χ2n) is 5.60. The van der Waals surface area contributed by atoms with Gasteiger partial charge in [-0.25, -0.2) is 4.79 Å². The van der Waals surface area contributed by atoms with Crippen LogP contribution >= 0.6 is 0 Å². The van der Waals surface area contributed by atoms with Gasteiger partial charge >= 0.3 is 5.97 Å². The molecule has 0 aliphatic rings. The summed E-state index contributed by atoms with van der Waals surface area (Å²) in [5, 5.41) is 8.67. The normalized spacial score (nSPS) is 9.96. The maximum atomic E-state index is 12.0. The number of carbonyl (C=O) groups excluding carboxylic acids is 1. The third-order valence-electron chi connectivity index (χ3n) is 3.76. The Hall–Kier alpha value is -3.58. The van der Waals surface area contributed by atoms with Gasteiger partial charge in [-0.05, 0) is 29.3 Å². The molecule has 3 aromatic rings. The highest BCUT2D eigenvalue weighted by Crippen LogP contribution is 2.29. The summed E-state index contributed by atoms with van der Waals surface area (Å²) in [4.78, 5) is 12.0. The number of benzene rings is 3. The second kappa shape index (κ2) is 8.50. The van der Waals surface area contributed by atoms with Gasteiger partial charge in [-0.1, -0.05) is 60.7 Å². The van der Waals surface area contributed by atoms with Crippen LogP contribution in [0.2, 0.25) is 0 Å². The highest BCUT2D eigenvalue weighted by atomic mass is 16.6. The van der Waals surface area contributed by atoms with Crippen molar-refractivity contribution in [3.8, 4) is 28.7 Å². The summed E-state index contributed by atoms with van der Waals surface area (Å²) in [7, 11) is 0. The number of rotatable bonds is 6. The molecule has 4 nitrogen and oxygen atoms in total. The fraction of sp³-hybridized carbons (Fsp3) is 0.0909. The molecule has 4 heteroatoms. The van der Waals surface area contributed by atoms with Gasteiger partial charge in [0.15, 0.2) is 6.61 Å². The number of hydrogen-bond acceptors (Lipinski definition) is 4. The van der Waals surface area contributed by atoms with E-state index in [1.807, 2.05) is 54.6 Å². The fourth-order valence-electron chi connectivity index (χ4n) is 2.51. The molecule has 0 unspecified atom stereocenters. The van der Waals surface area contributed by atoms with Crippen LogP contribution in [0.3, 0.4) is 0 Å². The minimum Gasteiger partial charge on any atom is -0.481 e. The molecule has 0 atom stereocenters. The summed E-state index contributed by atoms with van der Waals surface area (Å²) in [6.07, 6.45) is 0.327. The highest BCUT2D eigenvalue weighted by Gasteiger charge is 2.10. The first-order chi connectivity index (χ1) is 12.8. The number of carbonyl (C=O) groups is 1. The monoisotopic (exact) mass is 343 g/mol. The Morgan fingerprint density at radius 3 is 2.31 bits per heavy atom. The van der Waals surface area contributed by atoms with E-state index in [-0.39, 0.29) is 6.61 Å². The third-order valence-corrected chi connectivity index (χ3v) is 3.76. The first-order valence-corrected chi connectivity index (χ1v) is 8.20. The Balaban J connectivity index is 1.62. The zero-order chi connectivity index (χ0) is 18.2. The summed E-state index contributed by atoms with van der Waals surface area (Å²) in [6, 6.07) is 26.3. The maximum Gasteiger partial charge on any atom is 0.349 e. The lowest BCUT2D eigenvalue weighted by Crippen LogP contribution is -2.17. The van der Waals surface area contributed by atoms with Crippen molar-refractivity contribution in [3.63, 3.8) is 0 Å². The minimum absolute atomic E-state index is 0.191. The standard InChI is InChI=1S/C22H17NO3/c23-15-14-17-10-12-19(13-11-17)26-22(24)16-25-21-9-5-4-8-20(21)18-6-2-1-3-7-18/h1-13H,14,16H2. The Labute approximate surface area is 152 Å². The minimum atomic E-state index is -0.485. The van der Waals surface area contributed by atoms with E-state index in [0.29, 0.717) is 17.9 Å². The lowest BCUT2D eigenvalue weighted by molar-refractivity contribution is -0.136. The first-order valence-electron chi connectivity index (χ1n) is 8.20. The molecule has 0 radical (unpaired) electrons. The van der Waals surface area contributed by atoms with E-state index in [2.05, 4.69) is 6.07 Å². The van der Waals surface area contributed by atoms with Gasteiger partial charge in [0.2, 0.25) is 0 Å². The largest absolute Gasteiger partial charge is 0.481 e. The van der Waals surface area contributed by atoms with Gasteiger partial charge < -0.3 is 9.47 Å². The number of ether oxygens (including phenoxy) is 2. The fourth-order valence-corrected chi connectivity index (χ4v) is 2.51. The SMILES string of the molecule is N#CCc1ccc(OC(=O)COc2ccccc2-c2ccccc2)cc1. The second-order valence-corrected chi connectivity index (χ2v) is 5.60. The van der Waals surface area contributed by atoms with Crippen molar-refractivity contribution >= 4 is 5.97 Å². The van der Waals surface area contributed by atoms with E-state index < -0.39 is 5.97 Å². The molecule has 3 aromatic carbocycles. The van der Waals surface area contributed by atoms with Crippen molar-refractivity contribution in [2.75, 3.05) is 6.61 Å². The van der Waals surface area contributed by atoms with Gasteiger partial charge in [0.25, 0.3) is 0 Å². The summed E-state index contributed by atoms with van der Waals surface area (Å²) in [6.45, 7) is -0.191. The number of para-hydroxylation sites is 1. The van der Waals surface area contributed by atoms with E-state index >= 15 is 0 Å². The van der Waals surface area contributed by atoms with Crippen LogP contribution in [0.4, 0.5) is 0 Å². The zero-order valence-electron chi connectivity index (χ0n) is 14.1. The van der Waals surface area contributed by atoms with Crippen LogP contribution in [-0.4, -0.2) is 12.6 Å². The van der Waals surface area contributed by atoms with Gasteiger partial charge in [0, 0.05) is 5.56 Å². The molecule has 0 spiro atoms. The number of hydrogen-bond donors (Lipinski definition) is 0. The maximum absolute atomic E-state index is 12.0. The average molecular weight is 343 g/mol. The zero-order valence-corrected chi connectivity index (χ0v) is 14.1. The molecule has 0 saturated carbocycles. The van der Waals surface area contributed by atoms with Crippen molar-refractivity contribution in [1.82, 2.24) is 0 Å². The van der Waals surface area contributed by atoms with E-state index in [0.717, 1.165) is 16.7 Å². The summed E-state index contributed by atoms with van der Waals surface area (Å²) in [5.74, 6) is 0.567. The van der Waals surface area contributed by atoms with Gasteiger partial charge in [-0.15, -0.1) is 0 Å². The quantitative estimate of drug-likeness (QED) is 0.491. The van der Waals surface area contributed by atoms with Crippen LogP contribution in [0.15, 0.2) is 78.9 Å². The van der Waals surface area contributed by atoms with Crippen LogP contribution in [0.1, 0.15) is 5.56 Å². The van der Waals surface area contributed by atoms with Crippen LogP contribution < -0.4 is 9.47 Å². The predicted octanol–water partition coefficient (Wildman–Crippen LogP) is 4.40. The third kappa shape index (κ3) is 4.49. The Morgan fingerprint density at radius 2 is 1.58 bits per heavy atom. The van der Waals surface area contributed by atoms with Gasteiger partial charge in [-0.2, -0.15) is 5.26 Å². The lowest BCUT2D eigenvalue weighted by Gasteiger charge is -2.11. The summed E-state index contributed by atoms with van der Waals surface area (Å²) >= 11 is 0. The van der Waals surface area contributed by atoms with Crippen molar-refractivity contribution in [1.29, 1.82) is 5.26 Å². The molecule has 26 heavy (non-hydrogen) atoms. The van der Waals surface area contributed by atoms with E-state index in [4.69, 9.17) is 14.7 Å². The Kier molecular flexibility index (Phi) is 5.64. The van der Waals surface area contributed by atoms with Crippen LogP contribution in [-0.2, 0) is 11.2 Å². The van der Waals surface area contributed by atoms with Crippen molar-refractivity contribution in [2.24, 2.45) is 0 Å². The van der Waals surface area contributed by atoms with E-state index in [9.17, 15) is 4.79 Å². The highest BCUT2D eigenvalue weighted by molar-refractivity contribution is 5.75. The number of esters is 1. The first kappa shape index (κ1) is 17.2. The van der Waals surface area contributed by atoms with E-state index in [1.54, 1.807) is 24.3 Å². The van der Waals surface area contributed by atoms with Crippen molar-refractivity contribution in [3.05, 3.63) is 84.4 Å². The van der Waals surface area contributed by atoms with Gasteiger partial charge in [-0.3, -0.25) is 0 Å². The Bertz CT molecular complexity index is 912. The molecule has 0 fully saturated rings. The molecular formula is C22H17NO3. The molecule has 0 saturated heterocycles. The molecule has 128 valence electrons. The molecule has 0 aliphatic heterocycles. The molecule has 0 N–H and O–H groups in total. The van der Waals surface area contributed by atoms with Crippen LogP contribution in [0, 0.1) is 11.3 Å². The molecule has 0 heterocycles. The Morgan fingerprint density at radius 1 is 0.885 bits per heavy atom. The van der Waals surface area contributed by atoms with Crippen molar-refractivity contribution in [2.45, 2.75) is 6.42 Å². The molecule has 0 aromatic heterocycles. The molecule has 0 bridgehead atoms. The molecule has 0 aliphatic carbocycles. The van der Waals surface area contributed by atoms with Crippen LogP contribution in [0.5, 0.6) is 11.5 Å². The summed E-state index contributed by atoms with van der Waals surface area (Å²) < 4.78 is 10.9. The smallest absolute Gasteiger partial charge is 0.349 e. The average Bonchev–Trinajstić information content (AvgIpc) is 2.69. The lowest BCUT2D eigenvalue weighted by atomic mass is 10.1. The van der Waals surface area contributed by atoms with Crippen LogP contribution in [0.25, 0.3) is 11.1 Å². The summed E-state index contributed by atoms with van der Waals surface area (Å²) in [5.41, 5.74) is 2.81. The predicted molar refractivity (Wildman–Crippen MR) is 98.8 cm³/mol. The van der Waals surface area contributed by atoms with Crippen molar-refractivity contribution < 1.29 is 14.3 Å². The van der Waals surface area contributed by atoms with Gasteiger partial charge in [0.05, 0.1) is 12.5 Å². The topological polar surface area (TPSA) is 59.3 Å². The molecular weight excluding hydrogens is 326 g/mol.